The quantitative estimate of drug-likeness (QED) is 0.527. The Labute approximate surface area is 153 Å². The van der Waals surface area contributed by atoms with Crippen LogP contribution in [0, 0.1) is 6.92 Å². The maximum absolute atomic E-state index is 7.12. The van der Waals surface area contributed by atoms with Crippen molar-refractivity contribution in [2.45, 2.75) is 39.7 Å². The summed E-state index contributed by atoms with van der Waals surface area (Å²) in [4.78, 5) is 1.38. The topological polar surface area (TPSA) is 61.7 Å². The van der Waals surface area contributed by atoms with Crippen molar-refractivity contribution < 1.29 is 14.9 Å². The standard InChI is InChI=1S/C12H15NOS.C5H6S.CH4O2/c1-3-9-4-5-11-10(7-9)6-8(2)14-12(15)13-11;1-5-3-2-4-6-5;2-1-3/h4-5,7-8H,3,6H2,1-2H3,(H,13,15);2-4H,1H3;2-3H,1H2. The van der Waals surface area contributed by atoms with Gasteiger partial charge in [-0.25, -0.2) is 0 Å². The van der Waals surface area contributed by atoms with Crippen molar-refractivity contribution in [3.8, 4) is 0 Å². The average molecular weight is 368 g/mol. The highest BCUT2D eigenvalue weighted by Gasteiger charge is 2.16. The Kier molecular flexibility index (Phi) is 9.56. The lowest BCUT2D eigenvalue weighted by Gasteiger charge is -2.09. The number of aliphatic hydroxyl groups is 2. The molecule has 132 valence electrons. The third kappa shape index (κ3) is 7.40. The molecule has 0 amide bonds. The van der Waals surface area contributed by atoms with Crippen molar-refractivity contribution in [1.29, 1.82) is 0 Å². The Morgan fingerprint density at radius 3 is 2.54 bits per heavy atom. The number of ether oxygens (including phenoxy) is 1. The molecule has 2 heterocycles. The number of thiophene rings is 1. The Bertz CT molecular complexity index is 615. The van der Waals surface area contributed by atoms with Crippen LogP contribution in [0.15, 0.2) is 35.7 Å². The largest absolute Gasteiger partial charge is 0.467 e. The van der Waals surface area contributed by atoms with E-state index in [1.807, 2.05) is 6.92 Å². The zero-order valence-corrected chi connectivity index (χ0v) is 15.9. The molecule has 24 heavy (non-hydrogen) atoms. The number of thiocarbonyl (C=S) groups is 1. The highest BCUT2D eigenvalue weighted by Crippen LogP contribution is 2.23. The molecule has 0 fully saturated rings. The summed E-state index contributed by atoms with van der Waals surface area (Å²) in [7, 11) is 0. The summed E-state index contributed by atoms with van der Waals surface area (Å²) in [5.41, 5.74) is 3.74. The molecule has 3 rings (SSSR count). The van der Waals surface area contributed by atoms with Crippen molar-refractivity contribution in [1.82, 2.24) is 0 Å². The van der Waals surface area contributed by atoms with Crippen molar-refractivity contribution >= 4 is 34.4 Å². The molecule has 0 radical (unpaired) electrons. The fraction of sp³-hybridized carbons (Fsp3) is 0.389. The minimum Gasteiger partial charge on any atom is -0.467 e. The van der Waals surface area contributed by atoms with Gasteiger partial charge >= 0.3 is 0 Å². The summed E-state index contributed by atoms with van der Waals surface area (Å²) in [5, 5.41) is 19.9. The second-order valence-electron chi connectivity index (χ2n) is 5.26. The molecule has 0 saturated heterocycles. The lowest BCUT2D eigenvalue weighted by Crippen LogP contribution is -2.16. The number of fused-ring (bicyclic) bond motifs is 1. The normalized spacial score (nSPS) is 15.4. The van der Waals surface area contributed by atoms with E-state index < -0.39 is 6.79 Å². The highest BCUT2D eigenvalue weighted by molar-refractivity contribution is 7.80. The zero-order chi connectivity index (χ0) is 17.9. The molecular weight excluding hydrogens is 342 g/mol. The van der Waals surface area contributed by atoms with E-state index in [-0.39, 0.29) is 6.10 Å². The summed E-state index contributed by atoms with van der Waals surface area (Å²) >= 11 is 6.85. The monoisotopic (exact) mass is 367 g/mol. The molecule has 1 aromatic carbocycles. The summed E-state index contributed by atoms with van der Waals surface area (Å²) in [6.07, 6.45) is 2.13. The van der Waals surface area contributed by atoms with Crippen molar-refractivity contribution in [3.05, 3.63) is 51.7 Å². The number of aliphatic hydroxyl groups excluding tert-OH is 1. The molecule has 1 aromatic heterocycles. The number of hydrogen-bond acceptors (Lipinski definition) is 5. The fourth-order valence-electron chi connectivity index (χ4n) is 2.19. The van der Waals surface area contributed by atoms with Crippen LogP contribution in [-0.4, -0.2) is 28.3 Å². The van der Waals surface area contributed by atoms with Gasteiger partial charge in [0.15, 0.2) is 0 Å². The summed E-state index contributed by atoms with van der Waals surface area (Å²) in [6, 6.07) is 10.6. The van der Waals surface area contributed by atoms with Gasteiger partial charge in [0.05, 0.1) is 0 Å². The number of anilines is 1. The van der Waals surface area contributed by atoms with Gasteiger partial charge in [-0.3, -0.25) is 0 Å². The first-order valence-corrected chi connectivity index (χ1v) is 9.10. The van der Waals surface area contributed by atoms with Gasteiger partial charge in [-0.1, -0.05) is 25.1 Å². The van der Waals surface area contributed by atoms with Crippen LogP contribution in [0.5, 0.6) is 0 Å². The molecule has 1 atom stereocenters. The van der Waals surface area contributed by atoms with Crippen molar-refractivity contribution in [3.63, 3.8) is 0 Å². The van der Waals surface area contributed by atoms with Gasteiger partial charge < -0.3 is 20.3 Å². The predicted molar refractivity (Wildman–Crippen MR) is 105 cm³/mol. The molecule has 2 aromatic rings. The first-order valence-electron chi connectivity index (χ1n) is 7.81. The van der Waals surface area contributed by atoms with E-state index in [9.17, 15) is 0 Å². The first kappa shape index (κ1) is 20.6. The molecule has 0 bridgehead atoms. The molecule has 4 nitrogen and oxygen atoms in total. The number of benzene rings is 1. The Balaban J connectivity index is 0.000000265. The lowest BCUT2D eigenvalue weighted by atomic mass is 10.0. The van der Waals surface area contributed by atoms with Crippen LogP contribution in [0.2, 0.25) is 0 Å². The van der Waals surface area contributed by atoms with Crippen molar-refractivity contribution in [2.24, 2.45) is 0 Å². The number of nitrogens with one attached hydrogen (secondary N) is 1. The third-order valence-electron chi connectivity index (χ3n) is 3.29. The van der Waals surface area contributed by atoms with Crippen LogP contribution in [0.1, 0.15) is 29.9 Å². The fourth-order valence-corrected chi connectivity index (χ4v) is 3.00. The number of aryl methyl sites for hydroxylation is 2. The van der Waals surface area contributed by atoms with E-state index in [2.05, 4.69) is 54.9 Å². The van der Waals surface area contributed by atoms with E-state index in [1.165, 1.54) is 16.0 Å². The van der Waals surface area contributed by atoms with Gasteiger partial charge in [-0.2, -0.15) is 0 Å². The second-order valence-corrected chi connectivity index (χ2v) is 6.78. The molecule has 0 spiro atoms. The molecule has 0 saturated carbocycles. The molecule has 1 aliphatic heterocycles. The Morgan fingerprint density at radius 2 is 2.04 bits per heavy atom. The van der Waals surface area contributed by atoms with Gasteiger partial charge in [0, 0.05) is 17.0 Å². The highest BCUT2D eigenvalue weighted by atomic mass is 32.1. The maximum Gasteiger partial charge on any atom is 0.261 e. The zero-order valence-electron chi connectivity index (χ0n) is 14.3. The molecule has 3 N–H and O–H groups in total. The van der Waals surface area contributed by atoms with Crippen LogP contribution in [-0.2, 0) is 17.6 Å². The smallest absolute Gasteiger partial charge is 0.261 e. The molecule has 0 aliphatic carbocycles. The van der Waals surface area contributed by atoms with E-state index in [4.69, 9.17) is 27.2 Å². The minimum atomic E-state index is -0.750. The van der Waals surface area contributed by atoms with E-state index in [0.717, 1.165) is 18.5 Å². The van der Waals surface area contributed by atoms with Gasteiger partial charge in [0.1, 0.15) is 12.9 Å². The maximum atomic E-state index is 7.12. The van der Waals surface area contributed by atoms with E-state index in [1.54, 1.807) is 11.3 Å². The van der Waals surface area contributed by atoms with E-state index >= 15 is 0 Å². The minimum absolute atomic E-state index is 0.151. The number of hydrogen-bond donors (Lipinski definition) is 3. The second kappa shape index (κ2) is 11.1. The molecule has 1 aliphatic rings. The van der Waals surface area contributed by atoms with E-state index in [0.29, 0.717) is 5.17 Å². The molecular formula is C18H25NO3S2. The van der Waals surface area contributed by atoms with Crippen LogP contribution >= 0.6 is 23.6 Å². The van der Waals surface area contributed by atoms with Crippen LogP contribution in [0.25, 0.3) is 0 Å². The van der Waals surface area contributed by atoms with Gasteiger partial charge in [0.2, 0.25) is 0 Å². The summed E-state index contributed by atoms with van der Waals surface area (Å²) < 4.78 is 5.49. The van der Waals surface area contributed by atoms with Crippen LogP contribution in [0.3, 0.4) is 0 Å². The lowest BCUT2D eigenvalue weighted by molar-refractivity contribution is 0.0773. The van der Waals surface area contributed by atoms with Crippen molar-refractivity contribution in [2.75, 3.05) is 12.1 Å². The summed E-state index contributed by atoms with van der Waals surface area (Å²) in [5.74, 6) is 0. The Hall–Kier alpha value is -1.47. The number of rotatable bonds is 1. The Morgan fingerprint density at radius 1 is 1.33 bits per heavy atom. The first-order chi connectivity index (χ1) is 11.5. The van der Waals surface area contributed by atoms with Crippen LogP contribution in [0.4, 0.5) is 5.69 Å². The van der Waals surface area contributed by atoms with Gasteiger partial charge in [-0.15, -0.1) is 11.3 Å². The average Bonchev–Trinajstić information content (AvgIpc) is 2.95. The molecule has 6 heteroatoms. The predicted octanol–water partition coefficient (Wildman–Crippen LogP) is 3.89. The third-order valence-corrected chi connectivity index (χ3v) is 4.29. The SMILES string of the molecule is CCc1ccc2c(c1)CC(C)OC(=S)N2.Cc1cccs1.OCO. The summed E-state index contributed by atoms with van der Waals surface area (Å²) in [6.45, 7) is 5.56. The molecule has 1 unspecified atom stereocenters. The van der Waals surface area contributed by atoms with Crippen LogP contribution < -0.4 is 5.32 Å². The van der Waals surface area contributed by atoms with Gasteiger partial charge in [-0.05, 0) is 61.1 Å². The van der Waals surface area contributed by atoms with Gasteiger partial charge in [0.25, 0.3) is 5.17 Å².